The van der Waals surface area contributed by atoms with Crippen LogP contribution in [0.15, 0.2) is 47.1 Å². The van der Waals surface area contributed by atoms with Gasteiger partial charge in [0.2, 0.25) is 0 Å². The highest BCUT2D eigenvalue weighted by Crippen LogP contribution is 2.29. The maximum Gasteiger partial charge on any atom is 0.315 e. The summed E-state index contributed by atoms with van der Waals surface area (Å²) in [6, 6.07) is 12.8. The fraction of sp³-hybridized carbons (Fsp3) is 0.278. The maximum atomic E-state index is 11.7. The van der Waals surface area contributed by atoms with Gasteiger partial charge in [-0.1, -0.05) is 24.3 Å². The zero-order chi connectivity index (χ0) is 14.9. The first-order valence-electron chi connectivity index (χ1n) is 7.73. The third kappa shape index (κ3) is 2.52. The topological polar surface area (TPSA) is 54.3 Å². The SMILES string of the molecule is O=C(NCCc1cc2ccccc2c2ccoc12)NC1CC1. The molecule has 4 nitrogen and oxygen atoms in total. The van der Waals surface area contributed by atoms with Gasteiger partial charge in [0.1, 0.15) is 5.58 Å². The monoisotopic (exact) mass is 294 g/mol. The minimum absolute atomic E-state index is 0.0704. The Hall–Kier alpha value is -2.49. The van der Waals surface area contributed by atoms with E-state index in [0.717, 1.165) is 35.8 Å². The van der Waals surface area contributed by atoms with E-state index in [-0.39, 0.29) is 6.03 Å². The van der Waals surface area contributed by atoms with Gasteiger partial charge in [0.15, 0.2) is 0 Å². The number of hydrogen-bond acceptors (Lipinski definition) is 2. The molecule has 112 valence electrons. The van der Waals surface area contributed by atoms with Crippen LogP contribution in [0.5, 0.6) is 0 Å². The van der Waals surface area contributed by atoms with Crippen LogP contribution < -0.4 is 10.6 Å². The van der Waals surface area contributed by atoms with Crippen molar-refractivity contribution in [3.8, 4) is 0 Å². The third-order valence-corrected chi connectivity index (χ3v) is 4.13. The molecule has 2 aromatic carbocycles. The molecule has 1 heterocycles. The van der Waals surface area contributed by atoms with Gasteiger partial charge in [0.05, 0.1) is 6.26 Å². The number of nitrogens with one attached hydrogen (secondary N) is 2. The molecule has 0 unspecified atom stereocenters. The second kappa shape index (κ2) is 5.37. The normalized spacial score (nSPS) is 14.4. The van der Waals surface area contributed by atoms with Crippen LogP contribution in [-0.4, -0.2) is 18.6 Å². The van der Waals surface area contributed by atoms with Gasteiger partial charge >= 0.3 is 6.03 Å². The van der Waals surface area contributed by atoms with Crippen molar-refractivity contribution in [3.05, 3.63) is 48.2 Å². The lowest BCUT2D eigenvalue weighted by molar-refractivity contribution is 0.240. The molecule has 0 saturated heterocycles. The molecule has 0 bridgehead atoms. The zero-order valence-corrected chi connectivity index (χ0v) is 12.3. The van der Waals surface area contributed by atoms with E-state index in [2.05, 4.69) is 28.8 Å². The predicted octanol–water partition coefficient (Wildman–Crippen LogP) is 3.59. The van der Waals surface area contributed by atoms with Crippen molar-refractivity contribution in [2.45, 2.75) is 25.3 Å². The summed E-state index contributed by atoms with van der Waals surface area (Å²) in [5.41, 5.74) is 2.05. The molecule has 4 heteroatoms. The molecule has 22 heavy (non-hydrogen) atoms. The van der Waals surface area contributed by atoms with Crippen LogP contribution in [0.25, 0.3) is 21.7 Å². The molecule has 4 rings (SSSR count). The van der Waals surface area contributed by atoms with Crippen LogP contribution in [-0.2, 0) is 6.42 Å². The molecule has 0 aliphatic heterocycles. The molecule has 1 aliphatic carbocycles. The highest BCUT2D eigenvalue weighted by molar-refractivity contribution is 6.07. The first-order chi connectivity index (χ1) is 10.8. The Kier molecular flexibility index (Phi) is 3.22. The summed E-state index contributed by atoms with van der Waals surface area (Å²) in [5.74, 6) is 0. The van der Waals surface area contributed by atoms with Gasteiger partial charge in [-0.25, -0.2) is 4.79 Å². The van der Waals surface area contributed by atoms with Gasteiger partial charge in [-0.3, -0.25) is 0 Å². The summed E-state index contributed by atoms with van der Waals surface area (Å²) in [4.78, 5) is 11.7. The minimum atomic E-state index is -0.0704. The van der Waals surface area contributed by atoms with Crippen LogP contribution in [0.1, 0.15) is 18.4 Å². The summed E-state index contributed by atoms with van der Waals surface area (Å²) >= 11 is 0. The maximum absolute atomic E-state index is 11.7. The number of furan rings is 1. The molecule has 0 spiro atoms. The molecule has 3 aromatic rings. The second-order valence-corrected chi connectivity index (χ2v) is 5.84. The third-order valence-electron chi connectivity index (χ3n) is 4.13. The first kappa shape index (κ1) is 13.2. The van der Waals surface area contributed by atoms with E-state index in [4.69, 9.17) is 4.42 Å². The number of carbonyl (C=O) groups is 1. The molecule has 1 aliphatic rings. The molecule has 1 aromatic heterocycles. The van der Waals surface area contributed by atoms with Crippen LogP contribution in [0.2, 0.25) is 0 Å². The lowest BCUT2D eigenvalue weighted by Crippen LogP contribution is -2.37. The van der Waals surface area contributed by atoms with Gasteiger partial charge in [-0.2, -0.15) is 0 Å². The first-order valence-corrected chi connectivity index (χ1v) is 7.73. The number of benzene rings is 2. The lowest BCUT2D eigenvalue weighted by Gasteiger charge is -2.08. The smallest absolute Gasteiger partial charge is 0.315 e. The Bertz CT molecular complexity index is 833. The van der Waals surface area contributed by atoms with Gasteiger partial charge < -0.3 is 15.1 Å². The Morgan fingerprint density at radius 1 is 1.18 bits per heavy atom. The fourth-order valence-corrected chi connectivity index (χ4v) is 2.85. The molecular weight excluding hydrogens is 276 g/mol. The predicted molar refractivity (Wildman–Crippen MR) is 87.0 cm³/mol. The number of urea groups is 1. The Morgan fingerprint density at radius 3 is 2.91 bits per heavy atom. The number of carbonyl (C=O) groups excluding carboxylic acids is 1. The van der Waals surface area contributed by atoms with E-state index >= 15 is 0 Å². The van der Waals surface area contributed by atoms with Crippen molar-refractivity contribution >= 4 is 27.8 Å². The van der Waals surface area contributed by atoms with E-state index in [9.17, 15) is 4.79 Å². The highest BCUT2D eigenvalue weighted by Gasteiger charge is 2.22. The minimum Gasteiger partial charge on any atom is -0.464 e. The summed E-state index contributed by atoms with van der Waals surface area (Å²) in [6.07, 6.45) is 4.69. The van der Waals surface area contributed by atoms with Gasteiger partial charge in [-0.05, 0) is 47.7 Å². The molecular formula is C18H18N2O2. The van der Waals surface area contributed by atoms with E-state index < -0.39 is 0 Å². The average molecular weight is 294 g/mol. The van der Waals surface area contributed by atoms with E-state index in [0.29, 0.717) is 12.6 Å². The standard InChI is InChI=1S/C18H18N2O2/c21-18(20-14-5-6-14)19-9-7-13-11-12-3-1-2-4-15(12)16-8-10-22-17(13)16/h1-4,8,10-11,14H,5-7,9H2,(H2,19,20,21). The van der Waals surface area contributed by atoms with Crippen molar-refractivity contribution < 1.29 is 9.21 Å². The fourth-order valence-electron chi connectivity index (χ4n) is 2.85. The summed E-state index contributed by atoms with van der Waals surface area (Å²) in [6.45, 7) is 0.604. The number of rotatable bonds is 4. The van der Waals surface area contributed by atoms with Crippen molar-refractivity contribution in [2.24, 2.45) is 0 Å². The van der Waals surface area contributed by atoms with Crippen molar-refractivity contribution in [1.29, 1.82) is 0 Å². The molecule has 0 radical (unpaired) electrons. The Balaban J connectivity index is 1.54. The summed E-state index contributed by atoms with van der Waals surface area (Å²) in [7, 11) is 0. The number of fused-ring (bicyclic) bond motifs is 3. The summed E-state index contributed by atoms with van der Waals surface area (Å²) in [5, 5.41) is 9.38. The molecule has 1 fully saturated rings. The van der Waals surface area contributed by atoms with Gasteiger partial charge in [0.25, 0.3) is 0 Å². The molecule has 2 amide bonds. The van der Waals surface area contributed by atoms with Crippen molar-refractivity contribution in [2.75, 3.05) is 6.54 Å². The van der Waals surface area contributed by atoms with E-state index in [1.54, 1.807) is 6.26 Å². The summed E-state index contributed by atoms with van der Waals surface area (Å²) < 4.78 is 5.66. The average Bonchev–Trinajstić information content (AvgIpc) is 3.19. The number of hydrogen-bond donors (Lipinski definition) is 2. The van der Waals surface area contributed by atoms with Crippen LogP contribution >= 0.6 is 0 Å². The van der Waals surface area contributed by atoms with Crippen molar-refractivity contribution in [3.63, 3.8) is 0 Å². The highest BCUT2D eigenvalue weighted by atomic mass is 16.3. The lowest BCUT2D eigenvalue weighted by atomic mass is 10.0. The van der Waals surface area contributed by atoms with Gasteiger partial charge in [0, 0.05) is 18.0 Å². The van der Waals surface area contributed by atoms with Gasteiger partial charge in [-0.15, -0.1) is 0 Å². The van der Waals surface area contributed by atoms with E-state index in [1.807, 2.05) is 18.2 Å². The van der Waals surface area contributed by atoms with Crippen LogP contribution in [0, 0.1) is 0 Å². The zero-order valence-electron chi connectivity index (χ0n) is 12.3. The molecule has 1 saturated carbocycles. The molecule has 0 atom stereocenters. The van der Waals surface area contributed by atoms with Crippen LogP contribution in [0.4, 0.5) is 4.79 Å². The second-order valence-electron chi connectivity index (χ2n) is 5.84. The van der Waals surface area contributed by atoms with Crippen molar-refractivity contribution in [1.82, 2.24) is 10.6 Å². The van der Waals surface area contributed by atoms with Crippen LogP contribution in [0.3, 0.4) is 0 Å². The molecule has 2 N–H and O–H groups in total. The largest absolute Gasteiger partial charge is 0.464 e. The number of amides is 2. The van der Waals surface area contributed by atoms with E-state index in [1.165, 1.54) is 10.8 Å². The Labute approximate surface area is 128 Å². The Morgan fingerprint density at radius 2 is 2.05 bits per heavy atom. The quantitative estimate of drug-likeness (QED) is 0.772.